The van der Waals surface area contributed by atoms with Gasteiger partial charge < -0.3 is 14.0 Å². The topological polar surface area (TPSA) is 104 Å². The summed E-state index contributed by atoms with van der Waals surface area (Å²) in [6, 6.07) is 5.06. The van der Waals surface area contributed by atoms with Gasteiger partial charge in [0.1, 0.15) is 16.9 Å². The summed E-state index contributed by atoms with van der Waals surface area (Å²) in [7, 11) is 0. The monoisotopic (exact) mass is 580 g/mol. The highest BCUT2D eigenvalue weighted by atomic mass is 79.9. The van der Waals surface area contributed by atoms with Gasteiger partial charge in [0.05, 0.1) is 31.1 Å². The molecular weight excluding hydrogens is 552 g/mol. The van der Waals surface area contributed by atoms with Gasteiger partial charge in [-0.1, -0.05) is 52.9 Å². The molecule has 1 unspecified atom stereocenters. The first kappa shape index (κ1) is 27.4. The molecule has 38 heavy (non-hydrogen) atoms. The van der Waals surface area contributed by atoms with E-state index in [2.05, 4.69) is 27.5 Å². The van der Waals surface area contributed by atoms with Crippen molar-refractivity contribution in [3.8, 4) is 0 Å². The van der Waals surface area contributed by atoms with Gasteiger partial charge >= 0.3 is 5.97 Å². The lowest BCUT2D eigenvalue weighted by molar-refractivity contribution is -0.117. The van der Waals surface area contributed by atoms with Crippen molar-refractivity contribution >= 4 is 44.5 Å². The smallest absolute Gasteiger partial charge is 0.341 e. The zero-order chi connectivity index (χ0) is 27.2. The number of fused-ring (bicyclic) bond motifs is 2. The van der Waals surface area contributed by atoms with E-state index in [1.807, 2.05) is 13.0 Å². The second-order valence-corrected chi connectivity index (χ2v) is 9.82. The summed E-state index contributed by atoms with van der Waals surface area (Å²) in [5.41, 5.74) is 1.38. The number of carbonyl (C=O) groups is 2. The maximum absolute atomic E-state index is 13.6. The molecule has 1 amide bonds. The van der Waals surface area contributed by atoms with Crippen LogP contribution in [0.15, 0.2) is 69.5 Å². The number of amides is 1. The predicted molar refractivity (Wildman–Crippen MR) is 148 cm³/mol. The van der Waals surface area contributed by atoms with E-state index in [4.69, 9.17) is 14.5 Å². The minimum Gasteiger partial charge on any atom is -0.462 e. The second-order valence-electron chi connectivity index (χ2n) is 8.80. The molecule has 1 fully saturated rings. The zero-order valence-electron chi connectivity index (χ0n) is 21.4. The van der Waals surface area contributed by atoms with Crippen LogP contribution in [-0.4, -0.2) is 45.1 Å². The summed E-state index contributed by atoms with van der Waals surface area (Å²) in [6.45, 7) is 8.17. The van der Waals surface area contributed by atoms with E-state index in [1.165, 1.54) is 10.5 Å². The third kappa shape index (κ3) is 5.92. The normalized spacial score (nSPS) is 16.6. The first-order valence-electron chi connectivity index (χ1n) is 12.4. The minimum absolute atomic E-state index is 0.0175. The average molecular weight is 581 g/mol. The molecule has 0 saturated carbocycles. The lowest BCUT2D eigenvalue weighted by Gasteiger charge is -2.18. The van der Waals surface area contributed by atoms with Crippen LogP contribution in [0.25, 0.3) is 16.7 Å². The fourth-order valence-electron chi connectivity index (χ4n) is 4.33. The number of halogens is 1. The van der Waals surface area contributed by atoms with Crippen LogP contribution in [0, 0.1) is 6.92 Å². The lowest BCUT2D eigenvalue weighted by atomic mass is 10.1. The van der Waals surface area contributed by atoms with E-state index in [0.29, 0.717) is 22.4 Å². The van der Waals surface area contributed by atoms with Crippen molar-refractivity contribution in [2.75, 3.05) is 13.2 Å². The summed E-state index contributed by atoms with van der Waals surface area (Å²) in [6.07, 6.45) is 9.92. The van der Waals surface area contributed by atoms with Crippen LogP contribution in [0.5, 0.6) is 0 Å². The summed E-state index contributed by atoms with van der Waals surface area (Å²) < 4.78 is 14.9. The molecular formula is C28H29BrN4O5. The fourth-order valence-corrected chi connectivity index (χ4v) is 4.72. The maximum Gasteiger partial charge on any atom is 0.341 e. The molecule has 198 valence electrons. The Bertz CT molecular complexity index is 1590. The van der Waals surface area contributed by atoms with Crippen LogP contribution in [0.4, 0.5) is 0 Å². The minimum atomic E-state index is -0.681. The number of rotatable bonds is 8. The highest BCUT2D eigenvalue weighted by Crippen LogP contribution is 2.18. The molecule has 3 aromatic rings. The molecule has 1 atom stereocenters. The highest BCUT2D eigenvalue weighted by Gasteiger charge is 2.24. The molecule has 9 nitrogen and oxygen atoms in total. The predicted octanol–water partition coefficient (Wildman–Crippen LogP) is 4.15. The first-order chi connectivity index (χ1) is 18.3. The van der Waals surface area contributed by atoms with Crippen molar-refractivity contribution in [2.45, 2.75) is 45.8 Å². The number of hydrogen-bond donors (Lipinski definition) is 0. The van der Waals surface area contributed by atoms with Crippen molar-refractivity contribution in [1.82, 2.24) is 14.0 Å². The molecule has 4 rings (SSSR count). The molecule has 3 aromatic heterocycles. The van der Waals surface area contributed by atoms with Gasteiger partial charge in [0.25, 0.3) is 11.5 Å². The van der Waals surface area contributed by atoms with Crippen LogP contribution >= 0.6 is 15.9 Å². The Kier molecular flexibility index (Phi) is 8.85. The molecule has 1 aliphatic rings. The van der Waals surface area contributed by atoms with Crippen molar-refractivity contribution < 1.29 is 19.1 Å². The highest BCUT2D eigenvalue weighted by molar-refractivity contribution is 9.11. The van der Waals surface area contributed by atoms with Crippen molar-refractivity contribution in [3.05, 3.63) is 86.7 Å². The largest absolute Gasteiger partial charge is 0.462 e. The number of esters is 1. The number of hydrogen-bond acceptors (Lipinski definition) is 6. The van der Waals surface area contributed by atoms with Gasteiger partial charge in [0.15, 0.2) is 5.49 Å². The van der Waals surface area contributed by atoms with Gasteiger partial charge in [-0.25, -0.2) is 9.78 Å². The van der Waals surface area contributed by atoms with Crippen LogP contribution in [0.1, 0.15) is 42.1 Å². The Morgan fingerprint density at radius 1 is 1.34 bits per heavy atom. The molecule has 10 heteroatoms. The van der Waals surface area contributed by atoms with E-state index in [9.17, 15) is 14.4 Å². The summed E-state index contributed by atoms with van der Waals surface area (Å²) in [4.78, 5) is 48.9. The molecule has 1 saturated heterocycles. The summed E-state index contributed by atoms with van der Waals surface area (Å²) in [5, 5.41) is 0.219. The molecule has 0 spiro atoms. The van der Waals surface area contributed by atoms with Crippen LogP contribution in [0.3, 0.4) is 0 Å². The Morgan fingerprint density at radius 3 is 2.87 bits per heavy atom. The van der Waals surface area contributed by atoms with Gasteiger partial charge in [0, 0.05) is 17.3 Å². The molecule has 4 heterocycles. The van der Waals surface area contributed by atoms with E-state index in [1.54, 1.807) is 48.1 Å². The van der Waals surface area contributed by atoms with Crippen LogP contribution in [0.2, 0.25) is 0 Å². The number of ether oxygens (including phenoxy) is 2. The molecule has 0 radical (unpaired) electrons. The third-order valence-corrected chi connectivity index (χ3v) is 6.63. The molecule has 0 bridgehead atoms. The summed E-state index contributed by atoms with van der Waals surface area (Å²) in [5.74, 6) is -1.17. The molecule has 0 N–H and O–H groups in total. The molecule has 0 aliphatic carbocycles. The number of nitrogens with zero attached hydrogens (tertiary/aromatic N) is 4. The van der Waals surface area contributed by atoms with Gasteiger partial charge in [-0.15, -0.1) is 0 Å². The van der Waals surface area contributed by atoms with E-state index < -0.39 is 11.9 Å². The van der Waals surface area contributed by atoms with Crippen molar-refractivity contribution in [1.29, 1.82) is 0 Å². The van der Waals surface area contributed by atoms with Gasteiger partial charge in [-0.3, -0.25) is 14.0 Å². The number of pyridine rings is 2. The summed E-state index contributed by atoms with van der Waals surface area (Å²) >= 11 is 3.39. The van der Waals surface area contributed by atoms with Crippen LogP contribution in [-0.2, 0) is 20.8 Å². The number of aromatic nitrogens is 3. The number of allylic oxidation sites excluding steroid dienone is 4. The van der Waals surface area contributed by atoms with E-state index >= 15 is 0 Å². The second kappa shape index (κ2) is 12.3. The van der Waals surface area contributed by atoms with Gasteiger partial charge in [-0.2, -0.15) is 4.99 Å². The maximum atomic E-state index is 13.6. The number of aryl methyl sites for hydroxylation is 1. The SMILES string of the molecule is C=C/C=C\C=C(\Br)CC(=O)N=c1c(C(=O)OCC)cc2c(=O)n3cccc(C)c3nc2n1CC1CCCO1. The fraction of sp³-hybridized carbons (Fsp3) is 0.321. The van der Waals surface area contributed by atoms with Crippen molar-refractivity contribution in [3.63, 3.8) is 0 Å². The first-order valence-corrected chi connectivity index (χ1v) is 13.2. The zero-order valence-corrected chi connectivity index (χ0v) is 22.9. The Hall–Kier alpha value is -3.63. The van der Waals surface area contributed by atoms with E-state index in [0.717, 1.165) is 18.4 Å². The quantitative estimate of drug-likeness (QED) is 0.225. The van der Waals surface area contributed by atoms with Gasteiger partial charge in [-0.05, 0) is 44.4 Å². The van der Waals surface area contributed by atoms with Crippen LogP contribution < -0.4 is 11.0 Å². The van der Waals surface area contributed by atoms with E-state index in [-0.39, 0.29) is 47.7 Å². The molecule has 1 aliphatic heterocycles. The Balaban J connectivity index is 2.02. The van der Waals surface area contributed by atoms with Gasteiger partial charge in [0.2, 0.25) is 0 Å². The Morgan fingerprint density at radius 2 is 2.16 bits per heavy atom. The lowest BCUT2D eigenvalue weighted by Crippen LogP contribution is -2.35. The Labute approximate surface area is 227 Å². The third-order valence-electron chi connectivity index (χ3n) is 6.09. The standard InChI is InChI=1S/C28H29BrN4O5/c1-4-6-7-11-19(29)15-23(34)30-26-22(28(36)37-5-2)16-21-25(33(26)17-20-12-9-14-38-20)31-24-18(3)10-8-13-32(24)27(21)35/h4,6-8,10-11,13,16,20H,1,5,9,12,14-15,17H2,2-3H3/b7-6-,19-11+,30-26?. The molecule has 0 aromatic carbocycles. The average Bonchev–Trinajstić information content (AvgIpc) is 3.39. The van der Waals surface area contributed by atoms with Crippen molar-refractivity contribution in [2.24, 2.45) is 4.99 Å². The number of carbonyl (C=O) groups excluding carboxylic acids is 2.